The lowest BCUT2D eigenvalue weighted by Gasteiger charge is -2.12. The van der Waals surface area contributed by atoms with E-state index in [1.54, 1.807) is 48.5 Å². The Morgan fingerprint density at radius 1 is 1.04 bits per heavy atom. The summed E-state index contributed by atoms with van der Waals surface area (Å²) in [5.41, 5.74) is 0.849. The molecule has 7 nitrogen and oxygen atoms in total. The molecule has 7 heteroatoms. The number of carbonyl (C=O) groups excluding carboxylic acids is 2. The number of carbonyl (C=O) groups is 3. The van der Waals surface area contributed by atoms with Crippen LogP contribution in [-0.2, 0) is 9.59 Å². The number of hydrogen-bond donors (Lipinski definition) is 3. The van der Waals surface area contributed by atoms with E-state index in [9.17, 15) is 14.4 Å². The molecule has 26 heavy (non-hydrogen) atoms. The van der Waals surface area contributed by atoms with E-state index in [4.69, 9.17) is 9.84 Å². The van der Waals surface area contributed by atoms with Gasteiger partial charge in [0.15, 0.2) is 0 Å². The van der Waals surface area contributed by atoms with Crippen LogP contribution in [0.25, 0.3) is 6.08 Å². The Morgan fingerprint density at radius 2 is 1.69 bits per heavy atom. The number of amides is 2. The highest BCUT2D eigenvalue weighted by Gasteiger charge is 2.17. The fourth-order valence-electron chi connectivity index (χ4n) is 2.15. The standard InChI is InChI=1S/C19H18N2O5/c1-26-16-10-6-5-9-14(16)18(24)21-15(19(25)20-12-17(22)23)11-13-7-3-2-4-8-13/h2-11H,12H2,1H3,(H,20,25)(H,21,24)(H,22,23). The smallest absolute Gasteiger partial charge is 0.322 e. The maximum Gasteiger partial charge on any atom is 0.322 e. The molecule has 0 radical (unpaired) electrons. The second kappa shape index (κ2) is 9.03. The molecule has 2 aromatic rings. The molecule has 3 N–H and O–H groups in total. The first kappa shape index (κ1) is 18.7. The van der Waals surface area contributed by atoms with Gasteiger partial charge in [0.2, 0.25) is 0 Å². The molecule has 0 spiro atoms. The molecular weight excluding hydrogens is 336 g/mol. The number of hydrogen-bond acceptors (Lipinski definition) is 4. The quantitative estimate of drug-likeness (QED) is 0.656. The summed E-state index contributed by atoms with van der Waals surface area (Å²) in [5, 5.41) is 13.5. The summed E-state index contributed by atoms with van der Waals surface area (Å²) in [6, 6.07) is 15.4. The summed E-state index contributed by atoms with van der Waals surface area (Å²) in [6.07, 6.45) is 1.46. The average Bonchev–Trinajstić information content (AvgIpc) is 2.66. The van der Waals surface area contributed by atoms with Gasteiger partial charge in [0.05, 0.1) is 12.7 Å². The normalized spacial score (nSPS) is 10.7. The Kier molecular flexibility index (Phi) is 6.50. The topological polar surface area (TPSA) is 105 Å². The third-order valence-corrected chi connectivity index (χ3v) is 3.36. The van der Waals surface area contributed by atoms with Crippen LogP contribution in [0.5, 0.6) is 5.75 Å². The molecule has 0 unspecified atom stereocenters. The lowest BCUT2D eigenvalue weighted by molar-refractivity contribution is -0.137. The summed E-state index contributed by atoms with van der Waals surface area (Å²) >= 11 is 0. The first-order valence-corrected chi connectivity index (χ1v) is 7.72. The van der Waals surface area contributed by atoms with E-state index in [-0.39, 0.29) is 11.3 Å². The van der Waals surface area contributed by atoms with Gasteiger partial charge >= 0.3 is 5.97 Å². The first-order valence-electron chi connectivity index (χ1n) is 7.72. The summed E-state index contributed by atoms with van der Waals surface area (Å²) in [4.78, 5) is 35.5. The number of carboxylic acid groups (broad SMARTS) is 1. The van der Waals surface area contributed by atoms with Gasteiger partial charge in [-0.25, -0.2) is 0 Å². The molecule has 2 aromatic carbocycles. The van der Waals surface area contributed by atoms with Crippen molar-refractivity contribution >= 4 is 23.9 Å². The second-order valence-corrected chi connectivity index (χ2v) is 5.20. The monoisotopic (exact) mass is 354 g/mol. The van der Waals surface area contributed by atoms with E-state index >= 15 is 0 Å². The molecule has 0 atom stereocenters. The van der Waals surface area contributed by atoms with Crippen molar-refractivity contribution in [2.75, 3.05) is 13.7 Å². The number of para-hydroxylation sites is 1. The molecule has 0 aromatic heterocycles. The predicted molar refractivity (Wildman–Crippen MR) is 95.5 cm³/mol. The molecule has 0 aliphatic rings. The van der Waals surface area contributed by atoms with Crippen LogP contribution in [0.1, 0.15) is 15.9 Å². The van der Waals surface area contributed by atoms with Crippen LogP contribution in [0.3, 0.4) is 0 Å². The Labute approximate surface area is 150 Å². The second-order valence-electron chi connectivity index (χ2n) is 5.20. The third kappa shape index (κ3) is 5.20. The van der Waals surface area contributed by atoms with E-state index < -0.39 is 24.3 Å². The lowest BCUT2D eigenvalue weighted by Crippen LogP contribution is -2.37. The zero-order valence-electron chi connectivity index (χ0n) is 14.1. The minimum atomic E-state index is -1.19. The van der Waals surface area contributed by atoms with Gasteiger partial charge in [-0.2, -0.15) is 0 Å². The number of methoxy groups -OCH3 is 1. The summed E-state index contributed by atoms with van der Waals surface area (Å²) in [7, 11) is 1.44. The van der Waals surface area contributed by atoms with Gasteiger partial charge in [-0.3, -0.25) is 14.4 Å². The van der Waals surface area contributed by atoms with Gasteiger partial charge < -0.3 is 20.5 Å². The van der Waals surface area contributed by atoms with E-state index in [1.807, 2.05) is 6.07 Å². The molecule has 2 rings (SSSR count). The number of aliphatic carboxylic acids is 1. The molecule has 134 valence electrons. The van der Waals surface area contributed by atoms with Gasteiger partial charge in [0, 0.05) is 0 Å². The summed E-state index contributed by atoms with van der Waals surface area (Å²) in [5.74, 6) is -2.09. The fourth-order valence-corrected chi connectivity index (χ4v) is 2.15. The van der Waals surface area contributed by atoms with Crippen molar-refractivity contribution < 1.29 is 24.2 Å². The van der Waals surface area contributed by atoms with Gasteiger partial charge in [0.1, 0.15) is 18.0 Å². The van der Waals surface area contributed by atoms with Crippen LogP contribution < -0.4 is 15.4 Å². The van der Waals surface area contributed by atoms with E-state index in [0.717, 1.165) is 0 Å². The van der Waals surface area contributed by atoms with Crippen LogP contribution in [0.15, 0.2) is 60.3 Å². The van der Waals surface area contributed by atoms with Crippen molar-refractivity contribution in [3.05, 3.63) is 71.4 Å². The molecule has 0 heterocycles. The zero-order chi connectivity index (χ0) is 18.9. The Morgan fingerprint density at radius 3 is 2.35 bits per heavy atom. The average molecular weight is 354 g/mol. The number of nitrogens with one attached hydrogen (secondary N) is 2. The zero-order valence-corrected chi connectivity index (χ0v) is 14.1. The molecule has 0 aliphatic heterocycles. The highest BCUT2D eigenvalue weighted by molar-refractivity contribution is 6.06. The molecule has 0 saturated heterocycles. The number of carboxylic acids is 1. The third-order valence-electron chi connectivity index (χ3n) is 3.36. The van der Waals surface area contributed by atoms with Crippen molar-refractivity contribution in [1.29, 1.82) is 0 Å². The van der Waals surface area contributed by atoms with Crippen molar-refractivity contribution in [3.63, 3.8) is 0 Å². The van der Waals surface area contributed by atoms with Crippen molar-refractivity contribution in [1.82, 2.24) is 10.6 Å². The Bertz CT molecular complexity index is 831. The molecule has 0 saturated carbocycles. The van der Waals surface area contributed by atoms with Crippen LogP contribution in [0, 0.1) is 0 Å². The molecule has 0 aliphatic carbocycles. The molecule has 0 fully saturated rings. The summed E-state index contributed by atoms with van der Waals surface area (Å²) < 4.78 is 5.15. The highest BCUT2D eigenvalue weighted by Crippen LogP contribution is 2.17. The van der Waals surface area contributed by atoms with E-state index in [2.05, 4.69) is 10.6 Å². The molecular formula is C19H18N2O5. The van der Waals surface area contributed by atoms with Crippen LogP contribution in [0.2, 0.25) is 0 Å². The SMILES string of the molecule is COc1ccccc1C(=O)NC(=Cc1ccccc1)C(=O)NCC(=O)O. The minimum absolute atomic E-state index is 0.0756. The van der Waals surface area contributed by atoms with Crippen molar-refractivity contribution in [2.45, 2.75) is 0 Å². The summed E-state index contributed by atoms with van der Waals surface area (Å²) in [6.45, 7) is -0.560. The van der Waals surface area contributed by atoms with Crippen LogP contribution in [-0.4, -0.2) is 36.5 Å². The van der Waals surface area contributed by atoms with Crippen molar-refractivity contribution in [3.8, 4) is 5.75 Å². The first-order chi connectivity index (χ1) is 12.5. The van der Waals surface area contributed by atoms with Gasteiger partial charge in [-0.1, -0.05) is 42.5 Å². The van der Waals surface area contributed by atoms with Crippen molar-refractivity contribution in [2.24, 2.45) is 0 Å². The minimum Gasteiger partial charge on any atom is -0.496 e. The molecule has 2 amide bonds. The van der Waals surface area contributed by atoms with Crippen LogP contribution in [0.4, 0.5) is 0 Å². The van der Waals surface area contributed by atoms with Crippen LogP contribution >= 0.6 is 0 Å². The number of ether oxygens (including phenoxy) is 1. The Balaban J connectivity index is 2.28. The number of benzene rings is 2. The van der Waals surface area contributed by atoms with E-state index in [0.29, 0.717) is 11.3 Å². The van der Waals surface area contributed by atoms with Gasteiger partial charge in [-0.05, 0) is 23.8 Å². The maximum atomic E-state index is 12.5. The van der Waals surface area contributed by atoms with Gasteiger partial charge in [-0.15, -0.1) is 0 Å². The number of rotatable bonds is 7. The highest BCUT2D eigenvalue weighted by atomic mass is 16.5. The van der Waals surface area contributed by atoms with E-state index in [1.165, 1.54) is 13.2 Å². The molecule has 0 bridgehead atoms. The lowest BCUT2D eigenvalue weighted by atomic mass is 10.1. The Hall–Kier alpha value is -3.61. The van der Waals surface area contributed by atoms with Gasteiger partial charge in [0.25, 0.3) is 11.8 Å². The maximum absolute atomic E-state index is 12.5. The fraction of sp³-hybridized carbons (Fsp3) is 0.105. The largest absolute Gasteiger partial charge is 0.496 e. The predicted octanol–water partition coefficient (Wildman–Crippen LogP) is 1.67.